The first-order chi connectivity index (χ1) is 9.10. The molecule has 19 heavy (non-hydrogen) atoms. The van der Waals surface area contributed by atoms with Gasteiger partial charge in [0.15, 0.2) is 0 Å². The standard InChI is InChI=1S/C15H23NO3/c1-10-2-5-12(6-3-10)15(18)19-14-7-4-11(9-16)8-13(14)17/h10-14,17H,2-8H2,1H3. The first-order valence-corrected chi connectivity index (χ1v) is 7.38. The second-order valence-electron chi connectivity index (χ2n) is 6.14. The van der Waals surface area contributed by atoms with Crippen molar-refractivity contribution in [3.63, 3.8) is 0 Å². The summed E-state index contributed by atoms with van der Waals surface area (Å²) in [6, 6.07) is 2.18. The van der Waals surface area contributed by atoms with Gasteiger partial charge in [0.25, 0.3) is 0 Å². The van der Waals surface area contributed by atoms with Crippen molar-refractivity contribution in [2.45, 2.75) is 64.1 Å². The highest BCUT2D eigenvalue weighted by atomic mass is 16.6. The molecule has 2 saturated carbocycles. The lowest BCUT2D eigenvalue weighted by atomic mass is 9.82. The number of carbonyl (C=O) groups is 1. The van der Waals surface area contributed by atoms with E-state index in [0.29, 0.717) is 25.2 Å². The Morgan fingerprint density at radius 2 is 1.89 bits per heavy atom. The molecule has 0 radical (unpaired) electrons. The van der Waals surface area contributed by atoms with Gasteiger partial charge in [-0.25, -0.2) is 0 Å². The number of esters is 1. The van der Waals surface area contributed by atoms with Crippen LogP contribution in [0.4, 0.5) is 0 Å². The van der Waals surface area contributed by atoms with E-state index in [1.54, 1.807) is 0 Å². The molecule has 0 bridgehead atoms. The van der Waals surface area contributed by atoms with Gasteiger partial charge in [0.2, 0.25) is 0 Å². The van der Waals surface area contributed by atoms with E-state index in [1.165, 1.54) is 0 Å². The largest absolute Gasteiger partial charge is 0.459 e. The van der Waals surface area contributed by atoms with Crippen molar-refractivity contribution in [1.82, 2.24) is 0 Å². The molecule has 2 aliphatic carbocycles. The van der Waals surface area contributed by atoms with E-state index < -0.39 is 12.2 Å². The number of rotatable bonds is 2. The number of ether oxygens (including phenoxy) is 1. The molecule has 0 spiro atoms. The average molecular weight is 265 g/mol. The third-order valence-electron chi connectivity index (χ3n) is 4.55. The third-order valence-corrected chi connectivity index (χ3v) is 4.55. The van der Waals surface area contributed by atoms with Crippen LogP contribution in [0.3, 0.4) is 0 Å². The van der Waals surface area contributed by atoms with E-state index in [2.05, 4.69) is 13.0 Å². The fraction of sp³-hybridized carbons (Fsp3) is 0.867. The first kappa shape index (κ1) is 14.3. The molecule has 0 amide bonds. The Balaban J connectivity index is 1.81. The molecule has 0 aromatic rings. The van der Waals surface area contributed by atoms with E-state index >= 15 is 0 Å². The molecular weight excluding hydrogens is 242 g/mol. The molecule has 0 saturated heterocycles. The number of aliphatic hydroxyl groups is 1. The highest BCUT2D eigenvalue weighted by molar-refractivity contribution is 5.72. The smallest absolute Gasteiger partial charge is 0.309 e. The number of hydrogen-bond acceptors (Lipinski definition) is 4. The predicted octanol–water partition coefficient (Wildman–Crippen LogP) is 2.41. The van der Waals surface area contributed by atoms with Crippen molar-refractivity contribution in [3.8, 4) is 6.07 Å². The van der Waals surface area contributed by atoms with Crippen LogP contribution in [0.2, 0.25) is 0 Å². The van der Waals surface area contributed by atoms with Crippen LogP contribution in [0, 0.1) is 29.1 Å². The molecule has 2 fully saturated rings. The lowest BCUT2D eigenvalue weighted by molar-refractivity contribution is -0.164. The normalized spacial score (nSPS) is 39.3. The van der Waals surface area contributed by atoms with Crippen molar-refractivity contribution >= 4 is 5.97 Å². The van der Waals surface area contributed by atoms with Crippen LogP contribution in [0.25, 0.3) is 0 Å². The second kappa shape index (κ2) is 6.38. The fourth-order valence-electron chi connectivity index (χ4n) is 3.11. The summed E-state index contributed by atoms with van der Waals surface area (Å²) in [6.45, 7) is 2.22. The van der Waals surface area contributed by atoms with Gasteiger partial charge in [-0.1, -0.05) is 6.92 Å². The summed E-state index contributed by atoms with van der Waals surface area (Å²) in [7, 11) is 0. The maximum atomic E-state index is 12.1. The van der Waals surface area contributed by atoms with Gasteiger partial charge in [0, 0.05) is 5.92 Å². The maximum Gasteiger partial charge on any atom is 0.309 e. The molecule has 0 aromatic heterocycles. The molecule has 1 N–H and O–H groups in total. The van der Waals surface area contributed by atoms with Crippen molar-refractivity contribution in [2.75, 3.05) is 0 Å². The van der Waals surface area contributed by atoms with Gasteiger partial charge >= 0.3 is 5.97 Å². The summed E-state index contributed by atoms with van der Waals surface area (Å²) < 4.78 is 5.47. The zero-order chi connectivity index (χ0) is 13.8. The van der Waals surface area contributed by atoms with E-state index in [4.69, 9.17) is 10.00 Å². The van der Waals surface area contributed by atoms with Crippen LogP contribution in [-0.4, -0.2) is 23.3 Å². The minimum atomic E-state index is -0.676. The molecule has 4 nitrogen and oxygen atoms in total. The van der Waals surface area contributed by atoms with Gasteiger partial charge < -0.3 is 9.84 Å². The number of nitrogens with zero attached hydrogens (tertiary/aromatic N) is 1. The Kier molecular flexibility index (Phi) is 4.81. The quantitative estimate of drug-likeness (QED) is 0.778. The molecule has 2 rings (SSSR count). The molecule has 0 aliphatic heterocycles. The zero-order valence-electron chi connectivity index (χ0n) is 11.5. The molecule has 2 aliphatic rings. The Bertz CT molecular complexity index is 355. The summed E-state index contributed by atoms with van der Waals surface area (Å²) in [5.74, 6) is 0.477. The summed E-state index contributed by atoms with van der Waals surface area (Å²) in [5, 5.41) is 18.8. The molecular formula is C15H23NO3. The van der Waals surface area contributed by atoms with Crippen molar-refractivity contribution in [2.24, 2.45) is 17.8 Å². The van der Waals surface area contributed by atoms with Crippen molar-refractivity contribution in [1.29, 1.82) is 5.26 Å². The second-order valence-corrected chi connectivity index (χ2v) is 6.14. The van der Waals surface area contributed by atoms with Crippen LogP contribution < -0.4 is 0 Å². The van der Waals surface area contributed by atoms with Gasteiger partial charge in [0.05, 0.1) is 18.1 Å². The molecule has 0 heterocycles. The lowest BCUT2D eigenvalue weighted by Crippen LogP contribution is -2.38. The van der Waals surface area contributed by atoms with Crippen LogP contribution >= 0.6 is 0 Å². The van der Waals surface area contributed by atoms with Gasteiger partial charge in [-0.2, -0.15) is 5.26 Å². The van der Waals surface area contributed by atoms with Crippen LogP contribution in [0.1, 0.15) is 51.9 Å². The van der Waals surface area contributed by atoms with E-state index in [-0.39, 0.29) is 17.8 Å². The Morgan fingerprint density at radius 3 is 2.47 bits per heavy atom. The van der Waals surface area contributed by atoms with Gasteiger partial charge in [-0.15, -0.1) is 0 Å². The number of carbonyl (C=O) groups excluding carboxylic acids is 1. The first-order valence-electron chi connectivity index (χ1n) is 7.38. The fourth-order valence-corrected chi connectivity index (χ4v) is 3.11. The third kappa shape index (κ3) is 3.70. The number of hydrogen-bond donors (Lipinski definition) is 1. The maximum absolute atomic E-state index is 12.1. The minimum absolute atomic E-state index is 0.0112. The van der Waals surface area contributed by atoms with Gasteiger partial charge in [-0.05, 0) is 50.9 Å². The zero-order valence-corrected chi connectivity index (χ0v) is 11.5. The lowest BCUT2D eigenvalue weighted by Gasteiger charge is -2.32. The SMILES string of the molecule is CC1CCC(C(=O)OC2CCC(C#N)CC2O)CC1. The Hall–Kier alpha value is -1.08. The van der Waals surface area contributed by atoms with Crippen LogP contribution in [0.15, 0.2) is 0 Å². The van der Waals surface area contributed by atoms with E-state index in [1.807, 2.05) is 0 Å². The summed E-state index contributed by atoms with van der Waals surface area (Å²) in [5.41, 5.74) is 0. The molecule has 0 aromatic carbocycles. The Morgan fingerprint density at radius 1 is 1.21 bits per heavy atom. The van der Waals surface area contributed by atoms with Crippen LogP contribution in [0.5, 0.6) is 0 Å². The highest BCUT2D eigenvalue weighted by Crippen LogP contribution is 2.31. The summed E-state index contributed by atoms with van der Waals surface area (Å²) in [6.07, 6.45) is 4.65. The number of aliphatic hydroxyl groups excluding tert-OH is 1. The minimum Gasteiger partial charge on any atom is -0.459 e. The topological polar surface area (TPSA) is 70.3 Å². The monoisotopic (exact) mass is 265 g/mol. The van der Waals surface area contributed by atoms with Crippen LogP contribution in [-0.2, 0) is 9.53 Å². The Labute approximate surface area is 114 Å². The van der Waals surface area contributed by atoms with E-state index in [9.17, 15) is 9.90 Å². The highest BCUT2D eigenvalue weighted by Gasteiger charge is 2.34. The molecule has 3 atom stereocenters. The predicted molar refractivity (Wildman–Crippen MR) is 70.0 cm³/mol. The molecule has 3 unspecified atom stereocenters. The number of nitriles is 1. The van der Waals surface area contributed by atoms with Crippen molar-refractivity contribution < 1.29 is 14.6 Å². The van der Waals surface area contributed by atoms with Gasteiger partial charge in [-0.3, -0.25) is 4.79 Å². The van der Waals surface area contributed by atoms with Gasteiger partial charge in [0.1, 0.15) is 6.10 Å². The summed E-state index contributed by atoms with van der Waals surface area (Å²) >= 11 is 0. The summed E-state index contributed by atoms with van der Waals surface area (Å²) in [4.78, 5) is 12.1. The average Bonchev–Trinajstić information content (AvgIpc) is 2.41. The molecule has 106 valence electrons. The van der Waals surface area contributed by atoms with Crippen molar-refractivity contribution in [3.05, 3.63) is 0 Å². The molecule has 4 heteroatoms. The van der Waals surface area contributed by atoms with E-state index in [0.717, 1.165) is 25.7 Å².